The van der Waals surface area contributed by atoms with Crippen molar-refractivity contribution in [3.63, 3.8) is 0 Å². The summed E-state index contributed by atoms with van der Waals surface area (Å²) < 4.78 is 6.21. The molecule has 0 atom stereocenters. The van der Waals surface area contributed by atoms with E-state index in [2.05, 4.69) is 133 Å². The van der Waals surface area contributed by atoms with Crippen LogP contribution >= 0.6 is 0 Å². The van der Waals surface area contributed by atoms with Gasteiger partial charge in [0.2, 0.25) is 0 Å². The van der Waals surface area contributed by atoms with E-state index in [0.29, 0.717) is 0 Å². The summed E-state index contributed by atoms with van der Waals surface area (Å²) in [6.07, 6.45) is 0. The van der Waals surface area contributed by atoms with Crippen LogP contribution in [0.1, 0.15) is 27.7 Å². The maximum Gasteiger partial charge on any atom is 0.331 e. The smallest absolute Gasteiger partial charge is 0.331 e. The second-order valence-electron chi connectivity index (χ2n) is 12.8. The summed E-state index contributed by atoms with van der Waals surface area (Å²) in [7, 11) is 1.79. The Morgan fingerprint density at radius 1 is 0.444 bits per heavy atom. The van der Waals surface area contributed by atoms with Crippen LogP contribution in [0.2, 0.25) is 0 Å². The van der Waals surface area contributed by atoms with Crippen LogP contribution in [0.15, 0.2) is 140 Å². The highest BCUT2D eigenvalue weighted by atomic mass is 16.5. The summed E-state index contributed by atoms with van der Waals surface area (Å²) >= 11 is 0. The van der Waals surface area contributed by atoms with Crippen LogP contribution in [0.3, 0.4) is 0 Å². The minimum absolute atomic E-state index is 0.766. The molecular formula is C42H36BO2. The maximum atomic E-state index is 10.7. The SMILES string of the molecule is CC(C)(O)C(C)(C)O[B]c1ccccc1-c1ccccc1-c1ccccc1-c1ccc2c3ccccc3c3ccccc3c2c1. The van der Waals surface area contributed by atoms with Gasteiger partial charge in [-0.1, -0.05) is 133 Å². The number of hydrogen-bond acceptors (Lipinski definition) is 2. The van der Waals surface area contributed by atoms with E-state index in [9.17, 15) is 5.11 Å². The molecule has 1 radical (unpaired) electrons. The van der Waals surface area contributed by atoms with E-state index in [1.807, 2.05) is 19.9 Å². The minimum Gasteiger partial charge on any atom is -0.427 e. The molecule has 0 heterocycles. The fourth-order valence-electron chi connectivity index (χ4n) is 6.20. The van der Waals surface area contributed by atoms with Crippen LogP contribution in [-0.2, 0) is 4.65 Å². The Hall–Kier alpha value is -4.70. The van der Waals surface area contributed by atoms with Crippen molar-refractivity contribution in [2.45, 2.75) is 38.9 Å². The lowest BCUT2D eigenvalue weighted by Gasteiger charge is -2.37. The van der Waals surface area contributed by atoms with Crippen molar-refractivity contribution in [1.29, 1.82) is 0 Å². The zero-order valence-electron chi connectivity index (χ0n) is 26.2. The van der Waals surface area contributed by atoms with Crippen LogP contribution in [-0.4, -0.2) is 23.8 Å². The molecule has 0 aromatic heterocycles. The van der Waals surface area contributed by atoms with Gasteiger partial charge in [-0.25, -0.2) is 0 Å². The molecule has 1 N–H and O–H groups in total. The second kappa shape index (κ2) is 11.3. The predicted octanol–water partition coefficient (Wildman–Crippen LogP) is 9.96. The summed E-state index contributed by atoms with van der Waals surface area (Å²) in [5.41, 5.74) is 6.08. The van der Waals surface area contributed by atoms with E-state index in [0.717, 1.165) is 22.2 Å². The maximum absolute atomic E-state index is 10.7. The quantitative estimate of drug-likeness (QED) is 0.150. The van der Waals surface area contributed by atoms with Gasteiger partial charge in [0.1, 0.15) is 0 Å². The monoisotopic (exact) mass is 583 g/mol. The van der Waals surface area contributed by atoms with E-state index in [4.69, 9.17) is 4.65 Å². The van der Waals surface area contributed by atoms with Gasteiger partial charge in [0, 0.05) is 0 Å². The largest absolute Gasteiger partial charge is 0.427 e. The van der Waals surface area contributed by atoms with Gasteiger partial charge >= 0.3 is 7.48 Å². The van der Waals surface area contributed by atoms with Crippen molar-refractivity contribution in [1.82, 2.24) is 0 Å². The lowest BCUT2D eigenvalue weighted by molar-refractivity contribution is -0.0893. The van der Waals surface area contributed by atoms with Gasteiger partial charge in [0.25, 0.3) is 0 Å². The summed E-state index contributed by atoms with van der Waals surface area (Å²) in [6, 6.07) is 49.9. The average Bonchev–Trinajstić information content (AvgIpc) is 3.07. The van der Waals surface area contributed by atoms with Crippen LogP contribution < -0.4 is 5.46 Å². The molecule has 0 saturated heterocycles. The average molecular weight is 584 g/mol. The van der Waals surface area contributed by atoms with E-state index >= 15 is 0 Å². The van der Waals surface area contributed by atoms with Gasteiger partial charge in [-0.2, -0.15) is 0 Å². The molecule has 0 aliphatic heterocycles. The molecule has 0 bridgehead atoms. The molecule has 0 amide bonds. The van der Waals surface area contributed by atoms with Crippen LogP contribution in [0.25, 0.3) is 65.7 Å². The molecule has 0 saturated carbocycles. The van der Waals surface area contributed by atoms with Crippen molar-refractivity contribution >= 4 is 45.3 Å². The second-order valence-corrected chi connectivity index (χ2v) is 12.8. The summed E-state index contributed by atoms with van der Waals surface area (Å²) in [5.74, 6) is 0. The lowest BCUT2D eigenvalue weighted by atomic mass is 9.77. The Morgan fingerprint density at radius 2 is 0.844 bits per heavy atom. The highest BCUT2D eigenvalue weighted by Crippen LogP contribution is 2.41. The molecule has 0 aliphatic carbocycles. The molecule has 0 aliphatic rings. The Balaban J connectivity index is 1.37. The summed E-state index contributed by atoms with van der Waals surface area (Å²) in [5, 5.41) is 18.3. The normalized spacial score (nSPS) is 12.2. The number of benzene rings is 7. The molecule has 0 fully saturated rings. The van der Waals surface area contributed by atoms with Crippen molar-refractivity contribution in [2.75, 3.05) is 0 Å². The van der Waals surface area contributed by atoms with E-state index < -0.39 is 11.2 Å². The van der Waals surface area contributed by atoms with Crippen molar-refractivity contribution in [2.24, 2.45) is 0 Å². The number of fused-ring (bicyclic) bond motifs is 6. The fourth-order valence-corrected chi connectivity index (χ4v) is 6.20. The molecule has 219 valence electrons. The van der Waals surface area contributed by atoms with Gasteiger partial charge in [-0.15, -0.1) is 0 Å². The number of hydrogen-bond donors (Lipinski definition) is 1. The molecule has 45 heavy (non-hydrogen) atoms. The number of aliphatic hydroxyl groups is 1. The zero-order valence-corrected chi connectivity index (χ0v) is 26.2. The first-order chi connectivity index (χ1) is 21.7. The zero-order chi connectivity index (χ0) is 31.2. The van der Waals surface area contributed by atoms with E-state index in [-0.39, 0.29) is 0 Å². The first-order valence-corrected chi connectivity index (χ1v) is 15.6. The van der Waals surface area contributed by atoms with Gasteiger partial charge < -0.3 is 9.76 Å². The Morgan fingerprint density at radius 3 is 1.40 bits per heavy atom. The van der Waals surface area contributed by atoms with Crippen molar-refractivity contribution in [3.8, 4) is 33.4 Å². The molecule has 0 unspecified atom stereocenters. The molecule has 3 heteroatoms. The van der Waals surface area contributed by atoms with E-state index in [1.54, 1.807) is 21.3 Å². The first-order valence-electron chi connectivity index (χ1n) is 15.6. The van der Waals surface area contributed by atoms with Crippen LogP contribution in [0.4, 0.5) is 0 Å². The Bertz CT molecular complexity index is 2150. The third-order valence-electron chi connectivity index (χ3n) is 9.40. The first kappa shape index (κ1) is 29.0. The third-order valence-corrected chi connectivity index (χ3v) is 9.40. The van der Waals surface area contributed by atoms with Gasteiger partial charge in [-0.3, -0.25) is 0 Å². The van der Waals surface area contributed by atoms with Crippen LogP contribution in [0, 0.1) is 0 Å². The molecular weight excluding hydrogens is 547 g/mol. The predicted molar refractivity (Wildman–Crippen MR) is 192 cm³/mol. The van der Waals surface area contributed by atoms with Crippen LogP contribution in [0.5, 0.6) is 0 Å². The molecule has 7 aromatic rings. The fraction of sp³-hybridized carbons (Fsp3) is 0.143. The van der Waals surface area contributed by atoms with Gasteiger partial charge in [-0.05, 0) is 105 Å². The van der Waals surface area contributed by atoms with Crippen molar-refractivity contribution in [3.05, 3.63) is 140 Å². The molecule has 7 aromatic carbocycles. The van der Waals surface area contributed by atoms with Crippen molar-refractivity contribution < 1.29 is 9.76 Å². The molecule has 7 rings (SSSR count). The highest BCUT2D eigenvalue weighted by molar-refractivity contribution is 6.49. The topological polar surface area (TPSA) is 29.5 Å². The summed E-state index contributed by atoms with van der Waals surface area (Å²) in [4.78, 5) is 0. The Kier molecular flexibility index (Phi) is 7.32. The van der Waals surface area contributed by atoms with Gasteiger partial charge in [0.05, 0.1) is 11.2 Å². The van der Waals surface area contributed by atoms with E-state index in [1.165, 1.54) is 49.0 Å². The highest BCUT2D eigenvalue weighted by Gasteiger charge is 2.36. The number of rotatable bonds is 7. The molecule has 2 nitrogen and oxygen atoms in total. The Labute approximate surface area is 266 Å². The summed E-state index contributed by atoms with van der Waals surface area (Å²) in [6.45, 7) is 7.37. The lowest BCUT2D eigenvalue weighted by Crippen LogP contribution is -2.49. The molecule has 0 spiro atoms. The standard InChI is InChI=1S/C42H36BO2/c1-41(2,44)42(3,4)45-43-40-24-14-13-23-38(40)35-21-11-9-17-31(35)30-16-6-5-15-29(30)28-25-26-37-34-20-8-7-18-32(34)33-19-10-12-22-36(33)39(37)27-28/h5-27,44H,1-4H3. The third kappa shape index (κ3) is 5.23. The van der Waals surface area contributed by atoms with Gasteiger partial charge in [0.15, 0.2) is 0 Å². The minimum atomic E-state index is -1.01.